The Bertz CT molecular complexity index is 1350. The minimum Gasteiger partial charge on any atom is -0.444 e. The van der Waals surface area contributed by atoms with Gasteiger partial charge in [0, 0.05) is 47.9 Å². The standard InChI is InChI=1S/C28H31N3O7S/c1-16(32)30-21-7-5-17(13-24(21)39-25-14-18(31(35)36)6-8-22(25)30)20-15-23(26(20)33)37-19-9-11-29(12-10-19)27(34)38-28(2,3)4/h5-8,13-14,19-20,23H,9-12,15H2,1-4H3. The Balaban J connectivity index is 1.23. The molecule has 2 aromatic rings. The molecule has 11 heteroatoms. The van der Waals surface area contributed by atoms with E-state index in [0.717, 1.165) is 10.5 Å². The lowest BCUT2D eigenvalue weighted by molar-refractivity contribution is -0.385. The third kappa shape index (κ3) is 5.51. The Kier molecular flexibility index (Phi) is 7.15. The number of benzene rings is 2. The fraction of sp³-hybridized carbons (Fsp3) is 0.464. The van der Waals surface area contributed by atoms with Crippen LogP contribution >= 0.6 is 11.8 Å². The Morgan fingerprint density at radius 3 is 2.28 bits per heavy atom. The van der Waals surface area contributed by atoms with Crippen molar-refractivity contribution < 1.29 is 28.8 Å². The monoisotopic (exact) mass is 553 g/mol. The van der Waals surface area contributed by atoms with E-state index < -0.39 is 16.6 Å². The molecule has 1 aliphatic carbocycles. The van der Waals surface area contributed by atoms with Crippen molar-refractivity contribution in [1.82, 2.24) is 4.90 Å². The van der Waals surface area contributed by atoms with Crippen LogP contribution in [0.1, 0.15) is 58.4 Å². The number of ether oxygens (including phenoxy) is 2. The predicted molar refractivity (Wildman–Crippen MR) is 145 cm³/mol. The van der Waals surface area contributed by atoms with Gasteiger partial charge < -0.3 is 14.4 Å². The molecule has 1 saturated carbocycles. The summed E-state index contributed by atoms with van der Waals surface area (Å²) in [6.07, 6.45) is 0.965. The molecule has 0 bridgehead atoms. The maximum atomic E-state index is 13.1. The molecular formula is C28H31N3O7S. The predicted octanol–water partition coefficient (Wildman–Crippen LogP) is 5.59. The van der Waals surface area contributed by atoms with Crippen LogP contribution in [0.5, 0.6) is 0 Å². The fourth-order valence-electron chi connectivity index (χ4n) is 5.15. The largest absolute Gasteiger partial charge is 0.444 e. The summed E-state index contributed by atoms with van der Waals surface area (Å²) in [5, 5.41) is 11.3. The first kappa shape index (κ1) is 27.1. The number of likely N-dealkylation sites (tertiary alicyclic amines) is 1. The van der Waals surface area contributed by atoms with Crippen LogP contribution in [0.4, 0.5) is 21.9 Å². The van der Waals surface area contributed by atoms with Crippen LogP contribution in [0.25, 0.3) is 0 Å². The van der Waals surface area contributed by atoms with Gasteiger partial charge in [-0.2, -0.15) is 0 Å². The number of nitro benzene ring substituents is 1. The zero-order valence-corrected chi connectivity index (χ0v) is 23.2. The molecule has 0 aromatic heterocycles. The number of hydrogen-bond acceptors (Lipinski definition) is 8. The second kappa shape index (κ2) is 10.3. The zero-order chi connectivity index (χ0) is 28.1. The molecule has 3 aliphatic rings. The van der Waals surface area contributed by atoms with Gasteiger partial charge in [-0.1, -0.05) is 17.8 Å². The van der Waals surface area contributed by atoms with Crippen molar-refractivity contribution in [2.45, 2.75) is 80.5 Å². The van der Waals surface area contributed by atoms with Gasteiger partial charge in [0.2, 0.25) is 5.91 Å². The molecule has 2 aliphatic heterocycles. The van der Waals surface area contributed by atoms with Gasteiger partial charge in [0.05, 0.1) is 22.4 Å². The van der Waals surface area contributed by atoms with Gasteiger partial charge >= 0.3 is 6.09 Å². The number of amides is 2. The molecule has 2 fully saturated rings. The SMILES string of the molecule is CC(=O)N1c2ccc(C3CC(OC4CCN(C(=O)OC(C)(C)C)CC4)C3=O)cc2Sc2cc([N+](=O)[O-])ccc21. The molecule has 5 rings (SSSR count). The van der Waals surface area contributed by atoms with Crippen molar-refractivity contribution in [2.75, 3.05) is 18.0 Å². The summed E-state index contributed by atoms with van der Waals surface area (Å²) in [5.41, 5.74) is 1.54. The summed E-state index contributed by atoms with van der Waals surface area (Å²) >= 11 is 1.35. The summed E-state index contributed by atoms with van der Waals surface area (Å²) in [4.78, 5) is 53.3. The van der Waals surface area contributed by atoms with Gasteiger partial charge in [0.25, 0.3) is 5.69 Å². The number of piperidine rings is 1. The number of hydrogen-bond donors (Lipinski definition) is 0. The molecule has 2 atom stereocenters. The average Bonchev–Trinajstić information content (AvgIpc) is 2.87. The number of carbonyl (C=O) groups is 3. The normalized spacial score (nSPS) is 21.1. The lowest BCUT2D eigenvalue weighted by Crippen LogP contribution is -2.48. The summed E-state index contributed by atoms with van der Waals surface area (Å²) < 4.78 is 11.6. The molecule has 2 unspecified atom stereocenters. The molecule has 1 saturated heterocycles. The Morgan fingerprint density at radius 2 is 1.69 bits per heavy atom. The smallest absolute Gasteiger partial charge is 0.410 e. The molecule has 0 radical (unpaired) electrons. The first-order valence-electron chi connectivity index (χ1n) is 13.0. The van der Waals surface area contributed by atoms with Crippen LogP contribution in [-0.2, 0) is 19.1 Å². The lowest BCUT2D eigenvalue weighted by Gasteiger charge is -2.39. The Labute approximate surface area is 230 Å². The third-order valence-corrected chi connectivity index (χ3v) is 8.21. The lowest BCUT2D eigenvalue weighted by atomic mass is 9.76. The number of nitrogens with zero attached hydrogens (tertiary/aromatic N) is 3. The summed E-state index contributed by atoms with van der Waals surface area (Å²) in [5.74, 6) is -0.491. The van der Waals surface area contributed by atoms with E-state index in [-0.39, 0.29) is 35.5 Å². The highest BCUT2D eigenvalue weighted by atomic mass is 32.2. The van der Waals surface area contributed by atoms with Gasteiger partial charge in [0.15, 0.2) is 5.78 Å². The summed E-state index contributed by atoms with van der Waals surface area (Å²) in [7, 11) is 0. The van der Waals surface area contributed by atoms with Gasteiger partial charge in [-0.05, 0) is 63.8 Å². The molecule has 206 valence electrons. The fourth-order valence-corrected chi connectivity index (χ4v) is 6.29. The van der Waals surface area contributed by atoms with E-state index in [4.69, 9.17) is 9.47 Å². The Morgan fingerprint density at radius 1 is 1.05 bits per heavy atom. The van der Waals surface area contributed by atoms with Gasteiger partial charge in [-0.15, -0.1) is 0 Å². The number of nitro groups is 1. The van der Waals surface area contributed by atoms with Crippen molar-refractivity contribution in [2.24, 2.45) is 0 Å². The number of Topliss-reactive ketones (excluding diaryl/α,β-unsaturated/α-hetero) is 1. The van der Waals surface area contributed by atoms with E-state index in [0.29, 0.717) is 48.6 Å². The summed E-state index contributed by atoms with van der Waals surface area (Å²) in [6.45, 7) is 8.02. The minimum absolute atomic E-state index is 0.0183. The van der Waals surface area contributed by atoms with E-state index in [1.165, 1.54) is 30.8 Å². The number of non-ortho nitro benzene ring substituents is 1. The van der Waals surface area contributed by atoms with Crippen molar-refractivity contribution in [3.8, 4) is 0 Å². The zero-order valence-electron chi connectivity index (χ0n) is 22.3. The van der Waals surface area contributed by atoms with E-state index >= 15 is 0 Å². The maximum Gasteiger partial charge on any atom is 0.410 e. The van der Waals surface area contributed by atoms with Crippen molar-refractivity contribution in [3.63, 3.8) is 0 Å². The van der Waals surface area contributed by atoms with Crippen LogP contribution in [0, 0.1) is 10.1 Å². The average molecular weight is 554 g/mol. The molecule has 0 spiro atoms. The van der Waals surface area contributed by atoms with Crippen LogP contribution in [0.3, 0.4) is 0 Å². The van der Waals surface area contributed by atoms with Gasteiger partial charge in [-0.3, -0.25) is 24.6 Å². The molecule has 0 N–H and O–H groups in total. The third-order valence-electron chi connectivity index (χ3n) is 7.12. The molecule has 2 aromatic carbocycles. The second-order valence-electron chi connectivity index (χ2n) is 11.1. The van der Waals surface area contributed by atoms with E-state index in [1.807, 2.05) is 39.0 Å². The topological polar surface area (TPSA) is 119 Å². The van der Waals surface area contributed by atoms with Crippen molar-refractivity contribution in [1.29, 1.82) is 0 Å². The van der Waals surface area contributed by atoms with Crippen LogP contribution in [0.2, 0.25) is 0 Å². The highest BCUT2D eigenvalue weighted by Gasteiger charge is 2.43. The van der Waals surface area contributed by atoms with E-state index in [9.17, 15) is 24.5 Å². The highest BCUT2D eigenvalue weighted by molar-refractivity contribution is 7.99. The number of ketones is 1. The van der Waals surface area contributed by atoms with E-state index in [1.54, 1.807) is 15.9 Å². The first-order chi connectivity index (χ1) is 18.4. The maximum absolute atomic E-state index is 13.1. The van der Waals surface area contributed by atoms with Gasteiger partial charge in [-0.25, -0.2) is 4.79 Å². The van der Waals surface area contributed by atoms with Crippen LogP contribution in [0.15, 0.2) is 46.2 Å². The highest BCUT2D eigenvalue weighted by Crippen LogP contribution is 2.50. The van der Waals surface area contributed by atoms with Crippen LogP contribution in [-0.4, -0.2) is 58.5 Å². The molecular weight excluding hydrogens is 522 g/mol. The molecule has 2 heterocycles. The number of rotatable bonds is 4. The first-order valence-corrected chi connectivity index (χ1v) is 13.8. The minimum atomic E-state index is -0.543. The van der Waals surface area contributed by atoms with Crippen LogP contribution < -0.4 is 4.90 Å². The van der Waals surface area contributed by atoms with Crippen molar-refractivity contribution in [3.05, 3.63) is 52.1 Å². The number of carbonyl (C=O) groups excluding carboxylic acids is 3. The van der Waals surface area contributed by atoms with E-state index in [2.05, 4.69) is 0 Å². The Hall–Kier alpha value is -3.44. The second-order valence-corrected chi connectivity index (χ2v) is 12.2. The molecule has 2 amide bonds. The van der Waals surface area contributed by atoms with Gasteiger partial charge in [0.1, 0.15) is 11.7 Å². The molecule has 39 heavy (non-hydrogen) atoms. The number of fused-ring (bicyclic) bond motifs is 2. The summed E-state index contributed by atoms with van der Waals surface area (Å²) in [6, 6.07) is 10.0. The van der Waals surface area contributed by atoms with Crippen molar-refractivity contribution >= 4 is 46.6 Å². The molecule has 10 nitrogen and oxygen atoms in total. The number of anilines is 2. The quantitative estimate of drug-likeness (QED) is 0.355.